The molecule has 1 aromatic heterocycles. The summed E-state index contributed by atoms with van der Waals surface area (Å²) in [5, 5.41) is 4.25. The summed E-state index contributed by atoms with van der Waals surface area (Å²) in [5.41, 5.74) is 0.246. The number of aromatic nitrogens is 2. The van der Waals surface area contributed by atoms with Crippen molar-refractivity contribution in [2.45, 2.75) is 24.8 Å². The first kappa shape index (κ1) is 11.6. The molecule has 6 heteroatoms. The minimum absolute atomic E-state index is 0.143. The molecule has 0 fully saturated rings. The number of nitrogens with zero attached hydrogens (tertiary/aromatic N) is 2. The molecule has 0 radical (unpaired) electrons. The van der Waals surface area contributed by atoms with Crippen molar-refractivity contribution >= 4 is 32.7 Å². The molecule has 1 aliphatic heterocycles. The second-order valence-electron chi connectivity index (χ2n) is 4.47. The Bertz CT molecular complexity index is 698. The average Bonchev–Trinajstić information content (AvgIpc) is 2.73. The van der Waals surface area contributed by atoms with Crippen molar-refractivity contribution < 1.29 is 4.39 Å². The molecule has 0 saturated carbocycles. The minimum atomic E-state index is -0.425. The maximum Gasteiger partial charge on any atom is 0.349 e. The monoisotopic (exact) mass is 311 g/mol. The molecule has 1 atom stereocenters. The Hall–Kier alpha value is -1.43. The fourth-order valence-electron chi connectivity index (χ4n) is 2.28. The highest BCUT2D eigenvalue weighted by atomic mass is 79.9. The van der Waals surface area contributed by atoms with Gasteiger partial charge in [0.2, 0.25) is 0 Å². The third-order valence-electron chi connectivity index (χ3n) is 3.14. The average molecular weight is 312 g/mol. The second kappa shape index (κ2) is 4.05. The molecule has 2 aromatic rings. The van der Waals surface area contributed by atoms with Gasteiger partial charge in [-0.2, -0.15) is 4.98 Å². The van der Waals surface area contributed by atoms with Crippen molar-refractivity contribution in [2.75, 3.05) is 5.32 Å². The molecule has 0 aliphatic carbocycles. The molecule has 1 aliphatic rings. The molecular weight excluding hydrogens is 301 g/mol. The van der Waals surface area contributed by atoms with Crippen molar-refractivity contribution in [3.8, 4) is 0 Å². The summed E-state index contributed by atoms with van der Waals surface area (Å²) >= 11 is 3.22. The number of anilines is 1. The number of nitrogens with one attached hydrogen (secondary N) is 1. The van der Waals surface area contributed by atoms with Gasteiger partial charge in [0, 0.05) is 28.9 Å². The summed E-state index contributed by atoms with van der Waals surface area (Å²) in [6.45, 7) is 2.54. The van der Waals surface area contributed by atoms with Crippen LogP contribution in [0, 0.1) is 5.82 Å². The number of alkyl halides is 1. The molecule has 18 heavy (non-hydrogen) atoms. The van der Waals surface area contributed by atoms with E-state index in [-0.39, 0.29) is 11.6 Å². The van der Waals surface area contributed by atoms with Gasteiger partial charge in [0.15, 0.2) is 5.82 Å². The normalized spacial score (nSPS) is 17.8. The predicted octanol–water partition coefficient (Wildman–Crippen LogP) is 2.24. The molecule has 1 aromatic carbocycles. The van der Waals surface area contributed by atoms with Gasteiger partial charge in [-0.3, -0.25) is 4.57 Å². The van der Waals surface area contributed by atoms with Crippen LogP contribution in [0.4, 0.5) is 10.2 Å². The molecule has 0 spiro atoms. The Labute approximate surface area is 111 Å². The highest BCUT2D eigenvalue weighted by Crippen LogP contribution is 2.28. The van der Waals surface area contributed by atoms with Crippen LogP contribution < -0.4 is 11.0 Å². The lowest BCUT2D eigenvalue weighted by Gasteiger charge is -2.08. The van der Waals surface area contributed by atoms with Gasteiger partial charge in [0.25, 0.3) is 0 Å². The number of hydrogen-bond donors (Lipinski definition) is 1. The number of rotatable bonds is 1. The van der Waals surface area contributed by atoms with E-state index in [1.165, 1.54) is 0 Å². The van der Waals surface area contributed by atoms with Gasteiger partial charge in [-0.1, -0.05) is 22.0 Å². The third-order valence-corrected chi connectivity index (χ3v) is 3.75. The van der Waals surface area contributed by atoms with E-state index in [1.54, 1.807) is 16.7 Å². The molecule has 0 unspecified atom stereocenters. The van der Waals surface area contributed by atoms with E-state index in [9.17, 15) is 9.18 Å². The van der Waals surface area contributed by atoms with Gasteiger partial charge >= 0.3 is 5.69 Å². The number of benzene rings is 1. The molecule has 0 amide bonds. The van der Waals surface area contributed by atoms with Crippen molar-refractivity contribution in [3.63, 3.8) is 0 Å². The number of halogens is 2. The van der Waals surface area contributed by atoms with Gasteiger partial charge in [-0.15, -0.1) is 0 Å². The second-order valence-corrected chi connectivity index (χ2v) is 5.03. The van der Waals surface area contributed by atoms with E-state index in [1.807, 2.05) is 6.92 Å². The highest BCUT2D eigenvalue weighted by Gasteiger charge is 2.22. The largest absolute Gasteiger partial charge is 0.367 e. The maximum absolute atomic E-state index is 14.1. The van der Waals surface area contributed by atoms with Crippen LogP contribution in [-0.4, -0.2) is 15.6 Å². The molecule has 0 saturated heterocycles. The molecule has 3 rings (SSSR count). The Balaban J connectivity index is 2.39. The van der Waals surface area contributed by atoms with Gasteiger partial charge in [-0.25, -0.2) is 9.18 Å². The van der Waals surface area contributed by atoms with Gasteiger partial charge in [0.1, 0.15) is 11.3 Å². The van der Waals surface area contributed by atoms with Crippen LogP contribution in [0.5, 0.6) is 0 Å². The van der Waals surface area contributed by atoms with E-state index in [0.29, 0.717) is 28.6 Å². The summed E-state index contributed by atoms with van der Waals surface area (Å²) < 4.78 is 15.7. The zero-order valence-electron chi connectivity index (χ0n) is 9.70. The van der Waals surface area contributed by atoms with E-state index in [0.717, 1.165) is 0 Å². The first-order chi connectivity index (χ1) is 8.61. The van der Waals surface area contributed by atoms with Crippen molar-refractivity contribution in [2.24, 2.45) is 0 Å². The number of fused-ring (bicyclic) bond motifs is 3. The van der Waals surface area contributed by atoms with Gasteiger partial charge in [0.05, 0.1) is 0 Å². The summed E-state index contributed by atoms with van der Waals surface area (Å²) in [6.07, 6.45) is 0. The fraction of sp³-hybridized carbons (Fsp3) is 0.333. The van der Waals surface area contributed by atoms with E-state index >= 15 is 0 Å². The van der Waals surface area contributed by atoms with Crippen LogP contribution in [0.25, 0.3) is 10.9 Å². The molecule has 4 nitrogen and oxygen atoms in total. The molecule has 2 heterocycles. The van der Waals surface area contributed by atoms with Crippen LogP contribution >= 0.6 is 15.9 Å². The summed E-state index contributed by atoms with van der Waals surface area (Å²) in [4.78, 5) is 15.7. The van der Waals surface area contributed by atoms with Crippen molar-refractivity contribution in [1.29, 1.82) is 0 Å². The minimum Gasteiger partial charge on any atom is -0.367 e. The molecule has 94 valence electrons. The predicted molar refractivity (Wildman–Crippen MR) is 71.7 cm³/mol. The highest BCUT2D eigenvalue weighted by molar-refractivity contribution is 9.08. The Morgan fingerprint density at radius 1 is 1.61 bits per heavy atom. The van der Waals surface area contributed by atoms with E-state index in [4.69, 9.17) is 0 Å². The Morgan fingerprint density at radius 2 is 2.39 bits per heavy atom. The molecule has 0 bridgehead atoms. The Kier molecular flexibility index (Phi) is 2.62. The summed E-state index contributed by atoms with van der Waals surface area (Å²) in [6, 6.07) is 3.67. The van der Waals surface area contributed by atoms with Crippen LogP contribution in [-0.2, 0) is 11.9 Å². The Morgan fingerprint density at radius 3 is 3.11 bits per heavy atom. The van der Waals surface area contributed by atoms with Gasteiger partial charge in [-0.05, 0) is 13.0 Å². The van der Waals surface area contributed by atoms with E-state index in [2.05, 4.69) is 26.2 Å². The quantitative estimate of drug-likeness (QED) is 0.822. The SMILES string of the molecule is C[C@@H]1Cn2c(c3ccc(CBr)c(F)c3nc2=O)N1. The lowest BCUT2D eigenvalue weighted by molar-refractivity contribution is 0.622. The van der Waals surface area contributed by atoms with Crippen LogP contribution in [0.1, 0.15) is 12.5 Å². The standard InChI is InChI=1S/C12H11BrFN3O/c1-6-5-17-11(15-6)8-3-2-7(4-13)9(14)10(8)16-12(17)18/h2-3,6,15H,4-5H2,1H3/t6-/m1/s1. The van der Waals surface area contributed by atoms with Crippen LogP contribution in [0.15, 0.2) is 16.9 Å². The number of hydrogen-bond acceptors (Lipinski definition) is 3. The van der Waals surface area contributed by atoms with Crippen LogP contribution in [0.3, 0.4) is 0 Å². The molecule has 1 N–H and O–H groups in total. The van der Waals surface area contributed by atoms with Crippen LogP contribution in [0.2, 0.25) is 0 Å². The topological polar surface area (TPSA) is 46.9 Å². The van der Waals surface area contributed by atoms with Crippen molar-refractivity contribution in [1.82, 2.24) is 9.55 Å². The first-order valence-corrected chi connectivity index (χ1v) is 6.78. The fourth-order valence-corrected chi connectivity index (χ4v) is 2.72. The smallest absolute Gasteiger partial charge is 0.349 e. The van der Waals surface area contributed by atoms with Crippen molar-refractivity contribution in [3.05, 3.63) is 34.0 Å². The van der Waals surface area contributed by atoms with E-state index < -0.39 is 11.5 Å². The summed E-state index contributed by atoms with van der Waals surface area (Å²) in [7, 11) is 0. The third kappa shape index (κ3) is 1.55. The summed E-state index contributed by atoms with van der Waals surface area (Å²) in [5.74, 6) is 0.240. The lowest BCUT2D eigenvalue weighted by Crippen LogP contribution is -2.22. The zero-order valence-corrected chi connectivity index (χ0v) is 11.3. The molecular formula is C12H11BrFN3O. The first-order valence-electron chi connectivity index (χ1n) is 5.66. The lowest BCUT2D eigenvalue weighted by atomic mass is 10.1. The maximum atomic E-state index is 14.1. The van der Waals surface area contributed by atoms with Gasteiger partial charge < -0.3 is 5.32 Å². The zero-order chi connectivity index (χ0) is 12.9.